The van der Waals surface area contributed by atoms with Crippen LogP contribution in [-0.4, -0.2) is 20.3 Å². The molecule has 5 heteroatoms. The molecule has 0 bridgehead atoms. The Kier molecular flexibility index (Phi) is 3.75. The average Bonchev–Trinajstić information content (AvgIpc) is 2.91. The van der Waals surface area contributed by atoms with Gasteiger partial charge in [0.05, 0.1) is 18.4 Å². The second kappa shape index (κ2) is 5.17. The fraction of sp³-hybridized carbons (Fsp3) is 0.571. The van der Waals surface area contributed by atoms with Crippen LogP contribution in [0.4, 0.5) is 0 Å². The molecule has 104 valence electrons. The van der Waals surface area contributed by atoms with Crippen LogP contribution in [0.2, 0.25) is 0 Å². The SMILES string of the molecule is CCn1nc(C)cc1-c1cnc(CNC(C)(C)C)o1. The van der Waals surface area contributed by atoms with Crippen molar-refractivity contribution >= 4 is 0 Å². The summed E-state index contributed by atoms with van der Waals surface area (Å²) in [7, 11) is 0. The Morgan fingerprint density at radius 3 is 2.74 bits per heavy atom. The number of aryl methyl sites for hydroxylation is 2. The summed E-state index contributed by atoms with van der Waals surface area (Å²) in [5, 5.41) is 7.77. The van der Waals surface area contributed by atoms with Crippen LogP contribution < -0.4 is 5.32 Å². The van der Waals surface area contributed by atoms with Gasteiger partial charge in [-0.2, -0.15) is 5.10 Å². The molecule has 0 unspecified atom stereocenters. The van der Waals surface area contributed by atoms with E-state index >= 15 is 0 Å². The van der Waals surface area contributed by atoms with Crippen LogP contribution in [0.15, 0.2) is 16.7 Å². The predicted octanol–water partition coefficient (Wildman–Crippen LogP) is 2.75. The molecule has 0 aliphatic rings. The Morgan fingerprint density at radius 2 is 2.11 bits per heavy atom. The summed E-state index contributed by atoms with van der Waals surface area (Å²) in [5.74, 6) is 1.47. The molecule has 0 spiro atoms. The molecule has 0 amide bonds. The van der Waals surface area contributed by atoms with Gasteiger partial charge in [-0.3, -0.25) is 4.68 Å². The topological polar surface area (TPSA) is 55.9 Å². The van der Waals surface area contributed by atoms with Gasteiger partial charge in [-0.15, -0.1) is 0 Å². The number of nitrogens with one attached hydrogen (secondary N) is 1. The van der Waals surface area contributed by atoms with E-state index in [0.717, 1.165) is 23.7 Å². The molecule has 0 fully saturated rings. The van der Waals surface area contributed by atoms with Crippen molar-refractivity contribution in [2.45, 2.75) is 53.2 Å². The van der Waals surface area contributed by atoms with E-state index in [2.05, 4.69) is 43.1 Å². The molecule has 19 heavy (non-hydrogen) atoms. The first-order valence-corrected chi connectivity index (χ1v) is 6.63. The number of hydrogen-bond acceptors (Lipinski definition) is 4. The first kappa shape index (κ1) is 13.8. The van der Waals surface area contributed by atoms with E-state index in [1.54, 1.807) is 6.20 Å². The van der Waals surface area contributed by atoms with E-state index in [4.69, 9.17) is 4.42 Å². The van der Waals surface area contributed by atoms with Gasteiger partial charge in [0, 0.05) is 12.1 Å². The molecule has 0 radical (unpaired) electrons. The Balaban J connectivity index is 2.16. The zero-order valence-corrected chi connectivity index (χ0v) is 12.3. The minimum Gasteiger partial charge on any atom is -0.438 e. The highest BCUT2D eigenvalue weighted by atomic mass is 16.4. The molecular weight excluding hydrogens is 240 g/mol. The van der Waals surface area contributed by atoms with Crippen LogP contribution in [-0.2, 0) is 13.1 Å². The van der Waals surface area contributed by atoms with Gasteiger partial charge in [-0.1, -0.05) is 0 Å². The summed E-state index contributed by atoms with van der Waals surface area (Å²) >= 11 is 0. The zero-order valence-electron chi connectivity index (χ0n) is 12.3. The summed E-state index contributed by atoms with van der Waals surface area (Å²) in [5.41, 5.74) is 2.02. The molecule has 0 aromatic carbocycles. The maximum Gasteiger partial charge on any atom is 0.208 e. The Labute approximate surface area is 114 Å². The van der Waals surface area contributed by atoms with Gasteiger partial charge in [0.15, 0.2) is 5.76 Å². The van der Waals surface area contributed by atoms with Crippen molar-refractivity contribution in [1.29, 1.82) is 0 Å². The lowest BCUT2D eigenvalue weighted by atomic mass is 10.1. The highest BCUT2D eigenvalue weighted by Gasteiger charge is 2.14. The fourth-order valence-electron chi connectivity index (χ4n) is 1.84. The van der Waals surface area contributed by atoms with E-state index in [1.807, 2.05) is 17.7 Å². The molecule has 0 aliphatic carbocycles. The molecule has 0 saturated heterocycles. The second-order valence-corrected chi connectivity index (χ2v) is 5.71. The first-order chi connectivity index (χ1) is 8.89. The van der Waals surface area contributed by atoms with Gasteiger partial charge in [-0.05, 0) is 40.7 Å². The molecule has 0 atom stereocenters. The normalized spacial score (nSPS) is 12.1. The molecule has 2 heterocycles. The van der Waals surface area contributed by atoms with E-state index in [9.17, 15) is 0 Å². The van der Waals surface area contributed by atoms with Crippen molar-refractivity contribution in [1.82, 2.24) is 20.1 Å². The molecule has 0 aliphatic heterocycles. The fourth-order valence-corrected chi connectivity index (χ4v) is 1.84. The van der Waals surface area contributed by atoms with E-state index in [-0.39, 0.29) is 5.54 Å². The highest BCUT2D eigenvalue weighted by molar-refractivity contribution is 5.51. The molecule has 0 saturated carbocycles. The number of aromatic nitrogens is 3. The standard InChI is InChI=1S/C14H22N4O/c1-6-18-11(7-10(2)17-18)12-8-15-13(19-12)9-16-14(3,4)5/h7-8,16H,6,9H2,1-5H3. The van der Waals surface area contributed by atoms with Gasteiger partial charge in [0.2, 0.25) is 5.89 Å². The largest absolute Gasteiger partial charge is 0.438 e. The molecule has 2 aromatic rings. The second-order valence-electron chi connectivity index (χ2n) is 5.71. The minimum absolute atomic E-state index is 0.0520. The van der Waals surface area contributed by atoms with Gasteiger partial charge < -0.3 is 9.73 Å². The summed E-state index contributed by atoms with van der Waals surface area (Å²) < 4.78 is 7.71. The lowest BCUT2D eigenvalue weighted by molar-refractivity contribution is 0.383. The van der Waals surface area contributed by atoms with Crippen molar-refractivity contribution in [3.05, 3.63) is 23.8 Å². The van der Waals surface area contributed by atoms with Gasteiger partial charge >= 0.3 is 0 Å². The van der Waals surface area contributed by atoms with E-state index < -0.39 is 0 Å². The Hall–Kier alpha value is -1.62. The molecule has 2 rings (SSSR count). The summed E-state index contributed by atoms with van der Waals surface area (Å²) in [6.07, 6.45) is 1.77. The predicted molar refractivity (Wildman–Crippen MR) is 74.7 cm³/mol. The van der Waals surface area contributed by atoms with Gasteiger partial charge in [-0.25, -0.2) is 4.98 Å². The molecule has 2 aromatic heterocycles. The lowest BCUT2D eigenvalue weighted by Gasteiger charge is -2.18. The van der Waals surface area contributed by atoms with Crippen molar-refractivity contribution in [2.75, 3.05) is 0 Å². The molecule has 5 nitrogen and oxygen atoms in total. The van der Waals surface area contributed by atoms with Crippen LogP contribution >= 0.6 is 0 Å². The Bertz CT molecular complexity index is 548. The maximum atomic E-state index is 5.79. The molecule has 1 N–H and O–H groups in total. The van der Waals surface area contributed by atoms with Crippen molar-refractivity contribution in [2.24, 2.45) is 0 Å². The highest BCUT2D eigenvalue weighted by Crippen LogP contribution is 2.21. The number of hydrogen-bond donors (Lipinski definition) is 1. The minimum atomic E-state index is 0.0520. The van der Waals surface area contributed by atoms with Crippen LogP contribution in [0.25, 0.3) is 11.5 Å². The van der Waals surface area contributed by atoms with Crippen molar-refractivity contribution < 1.29 is 4.42 Å². The first-order valence-electron chi connectivity index (χ1n) is 6.63. The third-order valence-corrected chi connectivity index (χ3v) is 2.78. The summed E-state index contributed by atoms with van der Waals surface area (Å²) in [6, 6.07) is 2.02. The number of oxazole rings is 1. The lowest BCUT2D eigenvalue weighted by Crippen LogP contribution is -2.35. The molecular formula is C14H22N4O. The van der Waals surface area contributed by atoms with Crippen molar-refractivity contribution in [3.8, 4) is 11.5 Å². The third-order valence-electron chi connectivity index (χ3n) is 2.78. The number of nitrogens with zero attached hydrogens (tertiary/aromatic N) is 3. The maximum absolute atomic E-state index is 5.79. The van der Waals surface area contributed by atoms with Gasteiger partial charge in [0.1, 0.15) is 5.69 Å². The quantitative estimate of drug-likeness (QED) is 0.920. The van der Waals surface area contributed by atoms with Crippen LogP contribution in [0, 0.1) is 6.92 Å². The van der Waals surface area contributed by atoms with E-state index in [1.165, 1.54) is 0 Å². The van der Waals surface area contributed by atoms with E-state index in [0.29, 0.717) is 12.4 Å². The summed E-state index contributed by atoms with van der Waals surface area (Å²) in [6.45, 7) is 11.8. The monoisotopic (exact) mass is 262 g/mol. The zero-order chi connectivity index (χ0) is 14.0. The average molecular weight is 262 g/mol. The third kappa shape index (κ3) is 3.44. The van der Waals surface area contributed by atoms with Crippen LogP contribution in [0.3, 0.4) is 0 Å². The Morgan fingerprint density at radius 1 is 1.37 bits per heavy atom. The van der Waals surface area contributed by atoms with Crippen LogP contribution in [0.5, 0.6) is 0 Å². The van der Waals surface area contributed by atoms with Crippen LogP contribution in [0.1, 0.15) is 39.3 Å². The number of rotatable bonds is 4. The smallest absolute Gasteiger partial charge is 0.208 e. The van der Waals surface area contributed by atoms with Crippen molar-refractivity contribution in [3.63, 3.8) is 0 Å². The summed E-state index contributed by atoms with van der Waals surface area (Å²) in [4.78, 5) is 4.31. The van der Waals surface area contributed by atoms with Gasteiger partial charge in [0.25, 0.3) is 0 Å².